The highest BCUT2D eigenvalue weighted by molar-refractivity contribution is 5.85. The molecule has 1 amide bonds. The van der Waals surface area contributed by atoms with E-state index >= 15 is 0 Å². The van der Waals surface area contributed by atoms with Crippen molar-refractivity contribution in [2.75, 3.05) is 27.2 Å². The normalized spacial score (nSPS) is 17.1. The van der Waals surface area contributed by atoms with Gasteiger partial charge in [-0.2, -0.15) is 5.10 Å². The smallest absolute Gasteiger partial charge is 0.228 e. The average molecular weight is 317 g/mol. The van der Waals surface area contributed by atoms with E-state index in [9.17, 15) is 4.79 Å². The van der Waals surface area contributed by atoms with Gasteiger partial charge < -0.3 is 15.0 Å². The van der Waals surface area contributed by atoms with E-state index in [-0.39, 0.29) is 23.7 Å². The summed E-state index contributed by atoms with van der Waals surface area (Å²) >= 11 is 0. The van der Waals surface area contributed by atoms with Crippen LogP contribution in [0.15, 0.2) is 6.07 Å². The first-order chi connectivity index (χ1) is 9.55. The van der Waals surface area contributed by atoms with Crippen LogP contribution >= 0.6 is 12.4 Å². The van der Waals surface area contributed by atoms with Crippen molar-refractivity contribution in [2.24, 2.45) is 5.41 Å². The van der Waals surface area contributed by atoms with E-state index in [0.717, 1.165) is 37.3 Å². The first kappa shape index (κ1) is 17.9. The van der Waals surface area contributed by atoms with Crippen molar-refractivity contribution in [3.8, 4) is 0 Å². The van der Waals surface area contributed by atoms with Gasteiger partial charge in [0, 0.05) is 19.6 Å². The molecule has 1 aromatic heterocycles. The number of aromatic nitrogens is 2. The van der Waals surface area contributed by atoms with Crippen molar-refractivity contribution in [1.82, 2.24) is 20.4 Å². The van der Waals surface area contributed by atoms with Crippen LogP contribution in [0, 0.1) is 5.41 Å². The molecule has 0 saturated carbocycles. The number of rotatable bonds is 5. The summed E-state index contributed by atoms with van der Waals surface area (Å²) in [4.78, 5) is 14.4. The summed E-state index contributed by atoms with van der Waals surface area (Å²) in [6, 6.07) is 1.94. The van der Waals surface area contributed by atoms with Crippen LogP contribution in [0.5, 0.6) is 0 Å². The van der Waals surface area contributed by atoms with Gasteiger partial charge in [-0.1, -0.05) is 6.92 Å². The summed E-state index contributed by atoms with van der Waals surface area (Å²) < 4.78 is 5.03. The van der Waals surface area contributed by atoms with E-state index in [1.165, 1.54) is 0 Å². The maximum absolute atomic E-state index is 12.6. The number of piperidine rings is 1. The van der Waals surface area contributed by atoms with E-state index in [4.69, 9.17) is 4.74 Å². The van der Waals surface area contributed by atoms with Crippen molar-refractivity contribution in [3.63, 3.8) is 0 Å². The molecule has 21 heavy (non-hydrogen) atoms. The Kier molecular flexibility index (Phi) is 6.64. The molecule has 0 aliphatic carbocycles. The Morgan fingerprint density at radius 2 is 2.14 bits per heavy atom. The van der Waals surface area contributed by atoms with Crippen LogP contribution < -0.4 is 5.32 Å². The van der Waals surface area contributed by atoms with Gasteiger partial charge in [0.15, 0.2) is 0 Å². The molecule has 2 rings (SSSR count). The fraction of sp³-hybridized carbons (Fsp3) is 0.714. The lowest BCUT2D eigenvalue weighted by Gasteiger charge is -2.35. The molecule has 0 unspecified atom stereocenters. The van der Waals surface area contributed by atoms with Crippen molar-refractivity contribution in [2.45, 2.75) is 32.9 Å². The Balaban J connectivity index is 0.00000220. The molecule has 1 aromatic rings. The van der Waals surface area contributed by atoms with Crippen LogP contribution in [0.2, 0.25) is 0 Å². The molecule has 120 valence electrons. The van der Waals surface area contributed by atoms with Crippen LogP contribution in [0.4, 0.5) is 0 Å². The molecular formula is C14H25ClN4O2. The second kappa shape index (κ2) is 7.77. The Morgan fingerprint density at radius 3 is 2.76 bits per heavy atom. The van der Waals surface area contributed by atoms with E-state index < -0.39 is 0 Å². The van der Waals surface area contributed by atoms with Crippen LogP contribution in [0.3, 0.4) is 0 Å². The second-order valence-electron chi connectivity index (χ2n) is 5.79. The molecule has 0 atom stereocenters. The predicted molar refractivity (Wildman–Crippen MR) is 83.2 cm³/mol. The average Bonchev–Trinajstić information content (AvgIpc) is 2.86. The van der Waals surface area contributed by atoms with Gasteiger partial charge in [-0.15, -0.1) is 12.4 Å². The minimum atomic E-state index is -0.241. The Bertz CT molecular complexity index is 458. The molecule has 1 aliphatic rings. The number of ether oxygens (including phenoxy) is 1. The summed E-state index contributed by atoms with van der Waals surface area (Å²) in [7, 11) is 3.49. The number of carbonyl (C=O) groups excluding carboxylic acids is 1. The number of hydrogen-bond acceptors (Lipinski definition) is 4. The van der Waals surface area contributed by atoms with E-state index in [1.54, 1.807) is 12.0 Å². The minimum Gasteiger partial charge on any atom is -0.378 e. The van der Waals surface area contributed by atoms with Gasteiger partial charge >= 0.3 is 0 Å². The molecular weight excluding hydrogens is 292 g/mol. The lowest BCUT2D eigenvalue weighted by Crippen LogP contribution is -2.46. The summed E-state index contributed by atoms with van der Waals surface area (Å²) in [5, 5.41) is 10.4. The third-order valence-corrected chi connectivity index (χ3v) is 3.95. The van der Waals surface area contributed by atoms with Gasteiger partial charge in [-0.05, 0) is 32.0 Å². The third kappa shape index (κ3) is 4.43. The molecule has 6 nitrogen and oxygen atoms in total. The van der Waals surface area contributed by atoms with E-state index in [1.807, 2.05) is 13.1 Å². The number of H-pyrrole nitrogens is 1. The zero-order valence-corrected chi connectivity index (χ0v) is 13.8. The molecule has 1 saturated heterocycles. The number of nitrogens with one attached hydrogen (secondary N) is 2. The van der Waals surface area contributed by atoms with E-state index in [2.05, 4.69) is 22.4 Å². The predicted octanol–water partition coefficient (Wildman–Crippen LogP) is 1.33. The second-order valence-corrected chi connectivity index (χ2v) is 5.79. The van der Waals surface area contributed by atoms with Crippen LogP contribution in [-0.4, -0.2) is 48.3 Å². The number of aromatic amines is 1. The van der Waals surface area contributed by atoms with Crippen molar-refractivity contribution < 1.29 is 9.53 Å². The number of hydrogen-bond donors (Lipinski definition) is 2. The Morgan fingerprint density at radius 1 is 1.48 bits per heavy atom. The van der Waals surface area contributed by atoms with Crippen molar-refractivity contribution in [1.29, 1.82) is 0 Å². The fourth-order valence-electron chi connectivity index (χ4n) is 2.69. The lowest BCUT2D eigenvalue weighted by molar-refractivity contribution is -0.142. The van der Waals surface area contributed by atoms with Crippen LogP contribution in [0.25, 0.3) is 0 Å². The third-order valence-electron chi connectivity index (χ3n) is 3.95. The standard InChI is InChI=1S/C14H24N4O2.ClH/c1-14(4-6-15-7-5-14)13(19)18(2)9-11-8-12(10-20-3)17-16-11;/h8,15H,4-7,9-10H2,1-3H3,(H,16,17);1H. The number of halogens is 1. The van der Waals surface area contributed by atoms with Crippen LogP contribution in [-0.2, 0) is 22.7 Å². The maximum Gasteiger partial charge on any atom is 0.228 e. The molecule has 0 spiro atoms. The van der Waals surface area contributed by atoms with Gasteiger partial charge in [0.05, 0.1) is 24.5 Å². The minimum absolute atomic E-state index is 0. The largest absolute Gasteiger partial charge is 0.378 e. The number of carbonyl (C=O) groups is 1. The first-order valence-electron chi connectivity index (χ1n) is 7.03. The van der Waals surface area contributed by atoms with Crippen LogP contribution in [0.1, 0.15) is 31.2 Å². The lowest BCUT2D eigenvalue weighted by atomic mass is 9.79. The monoisotopic (exact) mass is 316 g/mol. The molecule has 0 bridgehead atoms. The molecule has 1 fully saturated rings. The van der Waals surface area contributed by atoms with Crippen molar-refractivity contribution in [3.05, 3.63) is 17.5 Å². The summed E-state index contributed by atoms with van der Waals surface area (Å²) in [6.07, 6.45) is 1.79. The molecule has 0 aromatic carbocycles. The van der Waals surface area contributed by atoms with Gasteiger partial charge in [0.25, 0.3) is 0 Å². The Hall–Kier alpha value is -1.11. The quantitative estimate of drug-likeness (QED) is 0.859. The topological polar surface area (TPSA) is 70.2 Å². The fourth-order valence-corrected chi connectivity index (χ4v) is 2.69. The molecule has 2 N–H and O–H groups in total. The summed E-state index contributed by atoms with van der Waals surface area (Å²) in [5.41, 5.74) is 1.55. The number of methoxy groups -OCH3 is 1. The Labute approximate surface area is 132 Å². The van der Waals surface area contributed by atoms with Gasteiger partial charge in [0.1, 0.15) is 0 Å². The molecule has 2 heterocycles. The zero-order valence-electron chi connectivity index (χ0n) is 12.9. The summed E-state index contributed by atoms with van der Waals surface area (Å²) in [5.74, 6) is 0.210. The van der Waals surface area contributed by atoms with Gasteiger partial charge in [-0.25, -0.2) is 0 Å². The zero-order chi connectivity index (χ0) is 14.6. The van der Waals surface area contributed by atoms with Crippen molar-refractivity contribution >= 4 is 18.3 Å². The number of amides is 1. The molecule has 1 aliphatic heterocycles. The van der Waals surface area contributed by atoms with Gasteiger partial charge in [-0.3, -0.25) is 9.89 Å². The molecule has 7 heteroatoms. The number of nitrogens with zero attached hydrogens (tertiary/aromatic N) is 2. The highest BCUT2D eigenvalue weighted by atomic mass is 35.5. The first-order valence-corrected chi connectivity index (χ1v) is 7.03. The maximum atomic E-state index is 12.6. The highest BCUT2D eigenvalue weighted by Gasteiger charge is 2.36. The summed E-state index contributed by atoms with van der Waals surface area (Å²) in [6.45, 7) is 4.93. The molecule has 0 radical (unpaired) electrons. The highest BCUT2D eigenvalue weighted by Crippen LogP contribution is 2.30. The van der Waals surface area contributed by atoms with Gasteiger partial charge in [0.2, 0.25) is 5.91 Å². The SMILES string of the molecule is COCc1cc(CN(C)C(=O)C2(C)CCNCC2)[nH]n1.Cl. The van der Waals surface area contributed by atoms with E-state index in [0.29, 0.717) is 13.2 Å².